The van der Waals surface area contributed by atoms with Crippen LogP contribution in [0.5, 0.6) is 0 Å². The van der Waals surface area contributed by atoms with Gasteiger partial charge in [-0.05, 0) is 0 Å². The van der Waals surface area contributed by atoms with Crippen molar-refractivity contribution >= 4 is 5.96 Å². The first-order chi connectivity index (χ1) is 10.2. The molecule has 9 N–H and O–H groups in total. The second-order valence-corrected chi connectivity index (χ2v) is 6.26. The Morgan fingerprint density at radius 3 is 2.55 bits per heavy atom. The largest absolute Gasteiger partial charge is 0.805 e. The van der Waals surface area contributed by atoms with Crippen molar-refractivity contribution in [1.29, 1.82) is 0 Å². The highest BCUT2D eigenvalue weighted by molar-refractivity contribution is 5.74. The molecule has 11 nitrogen and oxygen atoms in total. The Balaban J connectivity index is 1.95. The van der Waals surface area contributed by atoms with E-state index in [1.54, 1.807) is 0 Å². The topological polar surface area (TPSA) is 195 Å². The molecule has 11 heteroatoms. The highest BCUT2D eigenvalue weighted by Gasteiger charge is 2.81. The van der Waals surface area contributed by atoms with Crippen molar-refractivity contribution in [1.82, 2.24) is 5.32 Å². The Morgan fingerprint density at radius 2 is 1.91 bits per heavy atom. The van der Waals surface area contributed by atoms with E-state index in [2.05, 4.69) is 10.3 Å². The number of nitrogens with two attached hydrogens (primary N) is 1. The number of hydrogen-bond acceptors (Lipinski definition) is 10. The van der Waals surface area contributed by atoms with E-state index in [1.165, 1.54) is 0 Å². The summed E-state index contributed by atoms with van der Waals surface area (Å²) in [5.41, 5.74) is 1.72. The lowest BCUT2D eigenvalue weighted by Gasteiger charge is -2.73. The monoisotopic (exact) mass is 319 g/mol. The maximum Gasteiger partial charge on any atom is 0.343 e. The zero-order valence-corrected chi connectivity index (χ0v) is 11.2. The van der Waals surface area contributed by atoms with Gasteiger partial charge in [-0.25, -0.2) is 0 Å². The Morgan fingerprint density at radius 1 is 1.27 bits per heavy atom. The number of aliphatic hydroxyl groups is 5. The highest BCUT2D eigenvalue weighted by Crippen LogP contribution is 2.56. The number of nitrogens with one attached hydrogen (secondary N) is 2. The van der Waals surface area contributed by atoms with E-state index in [9.17, 15) is 30.6 Å². The van der Waals surface area contributed by atoms with Gasteiger partial charge in [-0.1, -0.05) is 0 Å². The summed E-state index contributed by atoms with van der Waals surface area (Å²) < 4.78 is 10.1. The molecule has 4 aliphatic heterocycles. The van der Waals surface area contributed by atoms with Gasteiger partial charge in [-0.15, -0.1) is 0 Å². The van der Waals surface area contributed by atoms with E-state index < -0.39 is 60.3 Å². The highest BCUT2D eigenvalue weighted by atomic mass is 16.9. The third-order valence-corrected chi connectivity index (χ3v) is 5.26. The van der Waals surface area contributed by atoms with Gasteiger partial charge in [0, 0.05) is 0 Å². The minimum Gasteiger partial charge on any atom is -0.805 e. The van der Waals surface area contributed by atoms with Crippen LogP contribution in [0, 0.1) is 5.92 Å². The lowest BCUT2D eigenvalue weighted by molar-refractivity contribution is -0.719. The third kappa shape index (κ3) is 1.28. The second-order valence-electron chi connectivity index (χ2n) is 6.26. The van der Waals surface area contributed by atoms with Crippen LogP contribution in [0.2, 0.25) is 0 Å². The molecular weight excluding hydrogens is 302 g/mol. The zero-order valence-electron chi connectivity index (χ0n) is 11.2. The van der Waals surface area contributed by atoms with Gasteiger partial charge in [0.25, 0.3) is 0 Å². The van der Waals surface area contributed by atoms with Crippen molar-refractivity contribution in [2.24, 2.45) is 11.7 Å². The molecule has 5 aliphatic rings. The van der Waals surface area contributed by atoms with Crippen LogP contribution in [0.25, 0.3) is 0 Å². The smallest absolute Gasteiger partial charge is 0.343 e. The summed E-state index contributed by atoms with van der Waals surface area (Å²) in [4.78, 5) is 2.45. The van der Waals surface area contributed by atoms with E-state index in [-0.39, 0.29) is 5.96 Å². The third-order valence-electron chi connectivity index (χ3n) is 5.26. The van der Waals surface area contributed by atoms with Crippen molar-refractivity contribution in [2.75, 3.05) is 6.61 Å². The number of rotatable bonds is 1. The van der Waals surface area contributed by atoms with Crippen molar-refractivity contribution < 1.29 is 45.1 Å². The van der Waals surface area contributed by atoms with Crippen molar-refractivity contribution in [3.8, 4) is 0 Å². The SMILES string of the molecule is NC1=[NH+][C@@H](O)[C@H]2[C@@H]3OC4([O-])OC(C(O)[C@@]2(N1)[C@@H]4O)[C@]3(O)CO. The molecule has 1 saturated carbocycles. The molecule has 0 aromatic heterocycles. The Labute approximate surface area is 123 Å². The van der Waals surface area contributed by atoms with Crippen LogP contribution in [-0.2, 0) is 9.47 Å². The predicted molar refractivity (Wildman–Crippen MR) is 62.0 cm³/mol. The second kappa shape index (κ2) is 3.88. The molecule has 0 aromatic rings. The number of aliphatic hydroxyl groups excluding tert-OH is 4. The molecule has 5 rings (SSSR count). The fourth-order valence-electron chi connectivity index (χ4n) is 4.28. The van der Waals surface area contributed by atoms with Crippen molar-refractivity contribution in [3.63, 3.8) is 0 Å². The summed E-state index contributed by atoms with van der Waals surface area (Å²) in [6.45, 7) is -0.871. The van der Waals surface area contributed by atoms with Gasteiger partial charge in [0.2, 0.25) is 0 Å². The minimum absolute atomic E-state index is 0.153. The molecular formula is C11H17N3O8. The average molecular weight is 319 g/mol. The maximum absolute atomic E-state index is 12.5. The first-order valence-corrected chi connectivity index (χ1v) is 6.81. The molecule has 0 radical (unpaired) electrons. The summed E-state index contributed by atoms with van der Waals surface area (Å²) in [7, 11) is 0. The molecule has 4 heterocycles. The van der Waals surface area contributed by atoms with Crippen LogP contribution < -0.4 is 21.1 Å². The number of guanidine groups is 1. The molecule has 124 valence electrons. The van der Waals surface area contributed by atoms with Crippen molar-refractivity contribution in [2.45, 2.75) is 47.8 Å². The van der Waals surface area contributed by atoms with E-state index in [0.29, 0.717) is 0 Å². The van der Waals surface area contributed by atoms with Crippen LogP contribution in [0.4, 0.5) is 0 Å². The van der Waals surface area contributed by atoms with Gasteiger partial charge in [-0.3, -0.25) is 16.0 Å². The maximum atomic E-state index is 12.5. The Kier molecular flexibility index (Phi) is 2.57. The van der Waals surface area contributed by atoms with E-state index in [4.69, 9.17) is 15.2 Å². The van der Waals surface area contributed by atoms with Gasteiger partial charge in [-0.2, -0.15) is 0 Å². The molecule has 0 aromatic carbocycles. The van der Waals surface area contributed by atoms with Gasteiger partial charge in [0.05, 0.1) is 12.5 Å². The minimum atomic E-state index is -2.75. The normalized spacial score (nSPS) is 62.4. The number of hydrogen-bond donors (Lipinski definition) is 8. The Hall–Kier alpha value is -1.05. The van der Waals surface area contributed by atoms with Crippen LogP contribution in [0.1, 0.15) is 0 Å². The zero-order chi connectivity index (χ0) is 16.1. The van der Waals surface area contributed by atoms with Gasteiger partial charge >= 0.3 is 5.96 Å². The molecule has 22 heavy (non-hydrogen) atoms. The summed E-state index contributed by atoms with van der Waals surface area (Å²) in [5.74, 6) is -4.07. The van der Waals surface area contributed by atoms with E-state index in [0.717, 1.165) is 0 Å². The lowest BCUT2D eigenvalue weighted by atomic mass is 9.55. The average Bonchev–Trinajstić information content (AvgIpc) is 2.45. The predicted octanol–water partition coefficient (Wildman–Crippen LogP) is -8.07. The number of ether oxygens (including phenoxy) is 2. The van der Waals surface area contributed by atoms with E-state index >= 15 is 0 Å². The molecule has 0 amide bonds. The van der Waals surface area contributed by atoms with Crippen LogP contribution in [0.15, 0.2) is 0 Å². The quantitative estimate of drug-likeness (QED) is 0.230. The van der Waals surface area contributed by atoms with E-state index in [1.807, 2.05) is 0 Å². The van der Waals surface area contributed by atoms with Crippen LogP contribution in [-0.4, -0.2) is 85.9 Å². The molecule has 3 saturated heterocycles. The van der Waals surface area contributed by atoms with Crippen LogP contribution in [0.3, 0.4) is 0 Å². The molecule has 4 bridgehead atoms. The lowest BCUT2D eigenvalue weighted by Crippen LogP contribution is -3.04. The first kappa shape index (κ1) is 14.5. The molecule has 1 spiro atoms. The van der Waals surface area contributed by atoms with Crippen LogP contribution >= 0.6 is 0 Å². The molecule has 1 aliphatic carbocycles. The summed E-state index contributed by atoms with van der Waals surface area (Å²) >= 11 is 0. The van der Waals surface area contributed by atoms with Gasteiger partial charge in [0.1, 0.15) is 36.0 Å². The molecule has 9 atom stereocenters. The fourth-order valence-corrected chi connectivity index (χ4v) is 4.28. The summed E-state index contributed by atoms with van der Waals surface area (Å²) in [6.07, 6.45) is -7.87. The standard InChI is InChI=1S/C11H16N3O8/c12-8-13-6(17)2-4-9(19,1-15)5-3(16)10(2,14-8)7(18)11(20,21-4)22-5/h2-7,15-19H,1H2,(H3,12,13,14)/q-1/p+1/t2-,3?,4+,5?,6+,7+,9+,10-,11?/m1/s1. The molecule has 4 fully saturated rings. The van der Waals surface area contributed by atoms with Gasteiger partial charge in [0.15, 0.2) is 11.8 Å². The van der Waals surface area contributed by atoms with Crippen molar-refractivity contribution in [3.05, 3.63) is 0 Å². The van der Waals surface area contributed by atoms with Gasteiger partial charge < -0.3 is 40.1 Å². The summed E-state index contributed by atoms with van der Waals surface area (Å²) in [5, 5.41) is 66.5. The summed E-state index contributed by atoms with van der Waals surface area (Å²) in [6, 6.07) is 0. The fraction of sp³-hybridized carbons (Fsp3) is 0.909. The first-order valence-electron chi connectivity index (χ1n) is 6.81. The Bertz CT molecular complexity index is 561. The molecule has 3 unspecified atom stereocenters.